The Labute approximate surface area is 145 Å². The smallest absolute Gasteiger partial charge is 0.255 e. The van der Waals surface area contributed by atoms with Crippen LogP contribution in [0.1, 0.15) is 50.5 Å². The minimum atomic E-state index is -0.0777. The summed E-state index contributed by atoms with van der Waals surface area (Å²) in [6, 6.07) is 15.8. The molecule has 3 heteroatoms. The molecule has 0 bridgehead atoms. The maximum atomic E-state index is 12.4. The van der Waals surface area contributed by atoms with Crippen molar-refractivity contribution in [1.82, 2.24) is 0 Å². The van der Waals surface area contributed by atoms with Crippen LogP contribution in [-0.4, -0.2) is 19.0 Å². The van der Waals surface area contributed by atoms with Crippen molar-refractivity contribution < 1.29 is 4.79 Å². The molecule has 0 aliphatic carbocycles. The number of hydrogen-bond acceptors (Lipinski definition) is 2. The molecule has 0 aliphatic heterocycles. The predicted molar refractivity (Wildman–Crippen MR) is 103 cm³/mol. The lowest BCUT2D eigenvalue weighted by molar-refractivity contribution is 0.102. The number of anilines is 2. The lowest BCUT2D eigenvalue weighted by atomic mass is 9.87. The predicted octanol–water partition coefficient (Wildman–Crippen LogP) is 5.08. The Hall–Kier alpha value is -2.29. The Morgan fingerprint density at radius 2 is 1.46 bits per heavy atom. The van der Waals surface area contributed by atoms with Crippen LogP contribution < -0.4 is 10.2 Å². The normalized spacial score (nSPS) is 11.2. The number of benzene rings is 2. The molecule has 1 amide bonds. The van der Waals surface area contributed by atoms with Gasteiger partial charge in [-0.15, -0.1) is 0 Å². The summed E-state index contributed by atoms with van der Waals surface area (Å²) in [5, 5.41) is 2.96. The maximum Gasteiger partial charge on any atom is 0.255 e. The molecule has 2 aromatic rings. The summed E-state index contributed by atoms with van der Waals surface area (Å²) < 4.78 is 0. The van der Waals surface area contributed by atoms with Gasteiger partial charge in [-0.2, -0.15) is 0 Å². The first-order valence-electron chi connectivity index (χ1n) is 8.62. The molecule has 0 heterocycles. The van der Waals surface area contributed by atoms with Crippen molar-refractivity contribution >= 4 is 17.3 Å². The van der Waals surface area contributed by atoms with Crippen molar-refractivity contribution in [2.45, 2.75) is 40.0 Å². The van der Waals surface area contributed by atoms with Crippen LogP contribution in [0.3, 0.4) is 0 Å². The summed E-state index contributed by atoms with van der Waals surface area (Å²) in [7, 11) is 0. The molecule has 3 nitrogen and oxygen atoms in total. The SMILES string of the molecule is CCN(CC)c1ccc(NC(=O)c2ccc(C(C)(C)C)cc2)cc1. The van der Waals surface area contributed by atoms with Crippen LogP contribution in [0.4, 0.5) is 11.4 Å². The first-order valence-corrected chi connectivity index (χ1v) is 8.62. The van der Waals surface area contributed by atoms with E-state index in [1.807, 2.05) is 48.5 Å². The molecule has 0 unspecified atom stereocenters. The molecule has 0 spiro atoms. The maximum absolute atomic E-state index is 12.4. The zero-order valence-electron chi connectivity index (χ0n) is 15.4. The van der Waals surface area contributed by atoms with Crippen LogP contribution in [0.2, 0.25) is 0 Å². The summed E-state index contributed by atoms with van der Waals surface area (Å²) in [6.07, 6.45) is 0. The van der Waals surface area contributed by atoms with Gasteiger partial charge in [0.1, 0.15) is 0 Å². The molecular weight excluding hydrogens is 296 g/mol. The lowest BCUT2D eigenvalue weighted by Crippen LogP contribution is -2.21. The monoisotopic (exact) mass is 324 g/mol. The van der Waals surface area contributed by atoms with Crippen LogP contribution in [0, 0.1) is 0 Å². The van der Waals surface area contributed by atoms with E-state index in [-0.39, 0.29) is 11.3 Å². The van der Waals surface area contributed by atoms with Crippen molar-refractivity contribution in [1.29, 1.82) is 0 Å². The van der Waals surface area contributed by atoms with Crippen molar-refractivity contribution in [3.8, 4) is 0 Å². The zero-order valence-corrected chi connectivity index (χ0v) is 15.4. The number of carbonyl (C=O) groups excluding carboxylic acids is 1. The van der Waals surface area contributed by atoms with Gasteiger partial charge in [0.15, 0.2) is 0 Å². The van der Waals surface area contributed by atoms with Gasteiger partial charge in [-0.05, 0) is 61.2 Å². The van der Waals surface area contributed by atoms with Crippen LogP contribution in [0.5, 0.6) is 0 Å². The van der Waals surface area contributed by atoms with Gasteiger partial charge in [0, 0.05) is 30.0 Å². The van der Waals surface area contributed by atoms with Gasteiger partial charge in [0.25, 0.3) is 5.91 Å². The molecule has 0 fully saturated rings. The Morgan fingerprint density at radius 3 is 1.92 bits per heavy atom. The van der Waals surface area contributed by atoms with E-state index in [0.717, 1.165) is 18.8 Å². The number of carbonyl (C=O) groups is 1. The molecular formula is C21H28N2O. The molecule has 0 saturated carbocycles. The van der Waals surface area contributed by atoms with Crippen LogP contribution in [0.25, 0.3) is 0 Å². The molecule has 0 atom stereocenters. The summed E-state index contributed by atoms with van der Waals surface area (Å²) in [6.45, 7) is 12.7. The van der Waals surface area contributed by atoms with Crippen LogP contribution in [0.15, 0.2) is 48.5 Å². The zero-order chi connectivity index (χ0) is 17.7. The van der Waals surface area contributed by atoms with Gasteiger partial charge in [-0.25, -0.2) is 0 Å². The van der Waals surface area contributed by atoms with Crippen LogP contribution >= 0.6 is 0 Å². The Kier molecular flexibility index (Phi) is 5.66. The van der Waals surface area contributed by atoms with E-state index in [1.54, 1.807) is 0 Å². The van der Waals surface area contributed by atoms with Crippen molar-refractivity contribution in [3.63, 3.8) is 0 Å². The average molecular weight is 324 g/mol. The largest absolute Gasteiger partial charge is 0.372 e. The van der Waals surface area contributed by atoms with E-state index in [1.165, 1.54) is 11.3 Å². The van der Waals surface area contributed by atoms with Crippen molar-refractivity contribution in [2.75, 3.05) is 23.3 Å². The average Bonchev–Trinajstić information content (AvgIpc) is 2.57. The highest BCUT2D eigenvalue weighted by atomic mass is 16.1. The molecule has 0 saturated heterocycles. The van der Waals surface area contributed by atoms with Crippen LogP contribution in [-0.2, 0) is 5.41 Å². The molecule has 1 N–H and O–H groups in total. The topological polar surface area (TPSA) is 32.3 Å². The van der Waals surface area contributed by atoms with Gasteiger partial charge in [-0.1, -0.05) is 32.9 Å². The molecule has 2 aromatic carbocycles. The fourth-order valence-corrected chi connectivity index (χ4v) is 2.67. The fourth-order valence-electron chi connectivity index (χ4n) is 2.67. The number of hydrogen-bond donors (Lipinski definition) is 1. The number of rotatable bonds is 5. The second kappa shape index (κ2) is 7.52. The highest BCUT2D eigenvalue weighted by molar-refractivity contribution is 6.04. The standard InChI is InChI=1S/C21H28N2O/c1-6-23(7-2)19-14-12-18(13-15-19)22-20(24)16-8-10-17(11-9-16)21(3,4)5/h8-15H,6-7H2,1-5H3,(H,22,24). The molecule has 2 rings (SSSR count). The molecule has 24 heavy (non-hydrogen) atoms. The first kappa shape index (κ1) is 18.1. The van der Waals surface area contributed by atoms with Gasteiger partial charge < -0.3 is 10.2 Å². The number of amides is 1. The van der Waals surface area contributed by atoms with Crippen molar-refractivity contribution in [3.05, 3.63) is 59.7 Å². The Balaban J connectivity index is 2.07. The fraction of sp³-hybridized carbons (Fsp3) is 0.381. The number of nitrogens with one attached hydrogen (secondary N) is 1. The molecule has 0 aliphatic rings. The van der Waals surface area contributed by atoms with E-state index >= 15 is 0 Å². The second-order valence-electron chi connectivity index (χ2n) is 7.00. The number of nitrogens with zero attached hydrogens (tertiary/aromatic N) is 1. The molecule has 0 aromatic heterocycles. The third-order valence-electron chi connectivity index (χ3n) is 4.27. The van der Waals surface area contributed by atoms with Gasteiger partial charge in [0.2, 0.25) is 0 Å². The third kappa shape index (κ3) is 4.38. The summed E-state index contributed by atoms with van der Waals surface area (Å²) in [4.78, 5) is 14.7. The lowest BCUT2D eigenvalue weighted by Gasteiger charge is -2.21. The highest BCUT2D eigenvalue weighted by Crippen LogP contribution is 2.23. The van der Waals surface area contributed by atoms with E-state index in [9.17, 15) is 4.79 Å². The first-order chi connectivity index (χ1) is 11.3. The minimum absolute atomic E-state index is 0.0777. The minimum Gasteiger partial charge on any atom is -0.372 e. The van der Waals surface area contributed by atoms with Gasteiger partial charge >= 0.3 is 0 Å². The second-order valence-corrected chi connectivity index (χ2v) is 7.00. The Morgan fingerprint density at radius 1 is 0.917 bits per heavy atom. The molecule has 128 valence electrons. The van der Waals surface area contributed by atoms with E-state index < -0.39 is 0 Å². The van der Waals surface area contributed by atoms with E-state index in [2.05, 4.69) is 44.8 Å². The molecule has 0 radical (unpaired) electrons. The van der Waals surface area contributed by atoms with E-state index in [0.29, 0.717) is 5.56 Å². The summed E-state index contributed by atoms with van der Waals surface area (Å²) in [5.74, 6) is -0.0777. The summed E-state index contributed by atoms with van der Waals surface area (Å²) >= 11 is 0. The van der Waals surface area contributed by atoms with Crippen molar-refractivity contribution in [2.24, 2.45) is 0 Å². The quantitative estimate of drug-likeness (QED) is 0.831. The third-order valence-corrected chi connectivity index (χ3v) is 4.27. The Bertz CT molecular complexity index is 662. The van der Waals surface area contributed by atoms with E-state index in [4.69, 9.17) is 0 Å². The van der Waals surface area contributed by atoms with Gasteiger partial charge in [-0.3, -0.25) is 4.79 Å². The van der Waals surface area contributed by atoms with Gasteiger partial charge in [0.05, 0.1) is 0 Å². The summed E-state index contributed by atoms with van der Waals surface area (Å²) in [5.41, 5.74) is 3.98. The highest BCUT2D eigenvalue weighted by Gasteiger charge is 2.14.